The van der Waals surface area contributed by atoms with Gasteiger partial charge in [0.05, 0.1) is 13.2 Å². The van der Waals surface area contributed by atoms with Crippen molar-refractivity contribution in [1.29, 1.82) is 0 Å². The van der Waals surface area contributed by atoms with Gasteiger partial charge < -0.3 is 9.63 Å². The third-order valence-electron chi connectivity index (χ3n) is 2.89. The third kappa shape index (κ3) is 4.09. The summed E-state index contributed by atoms with van der Waals surface area (Å²) in [5.74, 6) is 1.87. The molecule has 17 heavy (non-hydrogen) atoms. The minimum atomic E-state index is -0.279. The third-order valence-corrected chi connectivity index (χ3v) is 2.89. The second-order valence-corrected chi connectivity index (χ2v) is 5.53. The highest BCUT2D eigenvalue weighted by Crippen LogP contribution is 2.14. The summed E-state index contributed by atoms with van der Waals surface area (Å²) in [6.45, 7) is 8.86. The summed E-state index contributed by atoms with van der Waals surface area (Å²) in [5, 5.41) is 13.2. The predicted molar refractivity (Wildman–Crippen MR) is 65.5 cm³/mol. The van der Waals surface area contributed by atoms with Gasteiger partial charge in [-0.15, -0.1) is 0 Å². The molecule has 0 bridgehead atoms. The molecule has 0 aliphatic carbocycles. The van der Waals surface area contributed by atoms with Gasteiger partial charge in [0.15, 0.2) is 5.82 Å². The van der Waals surface area contributed by atoms with E-state index in [-0.39, 0.29) is 12.1 Å². The van der Waals surface area contributed by atoms with E-state index in [0.717, 1.165) is 6.42 Å². The summed E-state index contributed by atoms with van der Waals surface area (Å²) in [5.41, 5.74) is -0.279. The van der Waals surface area contributed by atoms with Crippen LogP contribution in [0.2, 0.25) is 0 Å². The van der Waals surface area contributed by atoms with Crippen LogP contribution < -0.4 is 0 Å². The highest BCUT2D eigenvalue weighted by atomic mass is 16.5. The van der Waals surface area contributed by atoms with Gasteiger partial charge in [-0.05, 0) is 26.8 Å². The van der Waals surface area contributed by atoms with Crippen molar-refractivity contribution in [3.05, 3.63) is 11.7 Å². The van der Waals surface area contributed by atoms with Crippen LogP contribution in [0.25, 0.3) is 0 Å². The standard InChI is InChI=1S/C12H23N3O2/c1-9(2)6-11-13-10(14-17-11)7-15(5)12(3,4)8-16/h9,16H,6-8H2,1-5H3. The van der Waals surface area contributed by atoms with Crippen LogP contribution in [0.1, 0.15) is 39.4 Å². The van der Waals surface area contributed by atoms with Gasteiger partial charge in [0, 0.05) is 12.0 Å². The van der Waals surface area contributed by atoms with E-state index in [9.17, 15) is 5.11 Å². The predicted octanol–water partition coefficient (Wildman–Crippen LogP) is 1.47. The molecule has 0 amide bonds. The van der Waals surface area contributed by atoms with E-state index >= 15 is 0 Å². The van der Waals surface area contributed by atoms with Crippen LogP contribution in [0.3, 0.4) is 0 Å². The first-order chi connectivity index (χ1) is 7.85. The molecule has 0 aromatic carbocycles. The molecule has 1 heterocycles. The maximum absolute atomic E-state index is 9.26. The van der Waals surface area contributed by atoms with Crippen LogP contribution in [-0.4, -0.2) is 39.3 Å². The lowest BCUT2D eigenvalue weighted by atomic mass is 10.1. The van der Waals surface area contributed by atoms with E-state index in [0.29, 0.717) is 24.2 Å². The minimum Gasteiger partial charge on any atom is -0.394 e. The first-order valence-electron chi connectivity index (χ1n) is 5.98. The minimum absolute atomic E-state index is 0.0974. The smallest absolute Gasteiger partial charge is 0.226 e. The Hall–Kier alpha value is -0.940. The Morgan fingerprint density at radius 3 is 2.59 bits per heavy atom. The average Bonchev–Trinajstić information content (AvgIpc) is 2.64. The maximum Gasteiger partial charge on any atom is 0.226 e. The van der Waals surface area contributed by atoms with Crippen LogP contribution in [-0.2, 0) is 13.0 Å². The first kappa shape index (κ1) is 14.1. The lowest BCUT2D eigenvalue weighted by molar-refractivity contribution is 0.0708. The van der Waals surface area contributed by atoms with Gasteiger partial charge >= 0.3 is 0 Å². The molecule has 0 fully saturated rings. The van der Waals surface area contributed by atoms with Gasteiger partial charge in [0.1, 0.15) is 0 Å². The van der Waals surface area contributed by atoms with Crippen molar-refractivity contribution < 1.29 is 9.63 Å². The molecule has 0 aliphatic rings. The lowest BCUT2D eigenvalue weighted by Gasteiger charge is -2.32. The molecule has 1 rings (SSSR count). The molecular weight excluding hydrogens is 218 g/mol. The Kier molecular flexibility index (Phi) is 4.65. The normalized spacial score (nSPS) is 12.7. The molecule has 0 radical (unpaired) electrons. The summed E-state index contributed by atoms with van der Waals surface area (Å²) in [6.07, 6.45) is 0.806. The average molecular weight is 241 g/mol. The highest BCUT2D eigenvalue weighted by Gasteiger charge is 2.23. The van der Waals surface area contributed by atoms with E-state index in [1.165, 1.54) is 0 Å². The van der Waals surface area contributed by atoms with Crippen molar-refractivity contribution in [2.75, 3.05) is 13.7 Å². The summed E-state index contributed by atoms with van der Waals surface area (Å²) in [6, 6.07) is 0. The number of hydrogen-bond acceptors (Lipinski definition) is 5. The molecule has 0 atom stereocenters. The van der Waals surface area contributed by atoms with Gasteiger partial charge in [0.25, 0.3) is 0 Å². The number of nitrogens with zero attached hydrogens (tertiary/aromatic N) is 3. The molecule has 1 N–H and O–H groups in total. The van der Waals surface area contributed by atoms with Crippen molar-refractivity contribution in [3.63, 3.8) is 0 Å². The quantitative estimate of drug-likeness (QED) is 0.817. The number of aliphatic hydroxyl groups is 1. The number of aliphatic hydroxyl groups excluding tert-OH is 1. The van der Waals surface area contributed by atoms with Gasteiger partial charge in [-0.25, -0.2) is 0 Å². The molecule has 98 valence electrons. The second kappa shape index (κ2) is 5.60. The second-order valence-electron chi connectivity index (χ2n) is 5.53. The Bertz CT molecular complexity index is 347. The fourth-order valence-electron chi connectivity index (χ4n) is 1.33. The number of likely N-dealkylation sites (N-methyl/N-ethyl adjacent to an activating group) is 1. The molecule has 0 aliphatic heterocycles. The fraction of sp³-hybridized carbons (Fsp3) is 0.833. The summed E-state index contributed by atoms with van der Waals surface area (Å²) < 4.78 is 5.17. The number of aromatic nitrogens is 2. The zero-order valence-electron chi connectivity index (χ0n) is 11.4. The van der Waals surface area contributed by atoms with Crippen LogP contribution in [0.15, 0.2) is 4.52 Å². The Morgan fingerprint density at radius 2 is 2.06 bits per heavy atom. The van der Waals surface area contributed by atoms with Gasteiger partial charge in [-0.1, -0.05) is 19.0 Å². The van der Waals surface area contributed by atoms with Crippen LogP contribution >= 0.6 is 0 Å². The fourth-order valence-corrected chi connectivity index (χ4v) is 1.33. The Morgan fingerprint density at radius 1 is 1.41 bits per heavy atom. The Balaban J connectivity index is 2.60. The first-order valence-corrected chi connectivity index (χ1v) is 5.98. The molecule has 0 saturated heterocycles. The van der Waals surface area contributed by atoms with E-state index in [1.807, 2.05) is 25.8 Å². The largest absolute Gasteiger partial charge is 0.394 e. The molecule has 1 aromatic rings. The van der Waals surface area contributed by atoms with Crippen molar-refractivity contribution >= 4 is 0 Å². The topological polar surface area (TPSA) is 62.4 Å². The summed E-state index contributed by atoms with van der Waals surface area (Å²) in [4.78, 5) is 6.35. The van der Waals surface area contributed by atoms with E-state index in [4.69, 9.17) is 4.52 Å². The summed E-state index contributed by atoms with van der Waals surface area (Å²) >= 11 is 0. The van der Waals surface area contributed by atoms with Gasteiger partial charge in [0.2, 0.25) is 5.89 Å². The van der Waals surface area contributed by atoms with Crippen LogP contribution in [0.5, 0.6) is 0 Å². The van der Waals surface area contributed by atoms with Gasteiger partial charge in [-0.3, -0.25) is 4.90 Å². The number of hydrogen-bond donors (Lipinski definition) is 1. The zero-order valence-corrected chi connectivity index (χ0v) is 11.4. The molecule has 0 saturated carbocycles. The van der Waals surface area contributed by atoms with Crippen molar-refractivity contribution in [3.8, 4) is 0 Å². The molecule has 1 aromatic heterocycles. The molecule has 5 heteroatoms. The van der Waals surface area contributed by atoms with Crippen molar-refractivity contribution in [2.24, 2.45) is 5.92 Å². The van der Waals surface area contributed by atoms with E-state index in [2.05, 4.69) is 24.0 Å². The van der Waals surface area contributed by atoms with Gasteiger partial charge in [-0.2, -0.15) is 4.98 Å². The van der Waals surface area contributed by atoms with E-state index < -0.39 is 0 Å². The Labute approximate surface area is 103 Å². The SMILES string of the molecule is CC(C)Cc1nc(CN(C)C(C)(C)CO)no1. The van der Waals surface area contributed by atoms with E-state index in [1.54, 1.807) is 0 Å². The van der Waals surface area contributed by atoms with Crippen molar-refractivity contribution in [1.82, 2.24) is 15.0 Å². The molecule has 5 nitrogen and oxygen atoms in total. The van der Waals surface area contributed by atoms with Crippen LogP contribution in [0, 0.1) is 5.92 Å². The lowest BCUT2D eigenvalue weighted by Crippen LogP contribution is -2.43. The van der Waals surface area contributed by atoms with Crippen molar-refractivity contribution in [2.45, 2.75) is 46.2 Å². The van der Waals surface area contributed by atoms with Crippen LogP contribution in [0.4, 0.5) is 0 Å². The molecular formula is C12H23N3O2. The monoisotopic (exact) mass is 241 g/mol. The molecule has 0 unspecified atom stereocenters. The highest BCUT2D eigenvalue weighted by molar-refractivity contribution is 4.89. The number of rotatable bonds is 6. The molecule has 0 spiro atoms. The maximum atomic E-state index is 9.26. The zero-order chi connectivity index (χ0) is 13.1. The summed E-state index contributed by atoms with van der Waals surface area (Å²) in [7, 11) is 1.94.